The second kappa shape index (κ2) is 8.63. The van der Waals surface area contributed by atoms with Crippen LogP contribution in [-0.4, -0.2) is 39.6 Å². The van der Waals surface area contributed by atoms with Crippen LogP contribution in [0.2, 0.25) is 15.1 Å². The molecule has 1 N–H and O–H groups in total. The van der Waals surface area contributed by atoms with E-state index in [1.54, 1.807) is 0 Å². The number of likely N-dealkylation sites (N-methyl/N-ethyl adjacent to an activating group) is 1. The molecule has 0 aromatic heterocycles. The van der Waals surface area contributed by atoms with Crippen molar-refractivity contribution in [2.75, 3.05) is 24.9 Å². The van der Waals surface area contributed by atoms with Gasteiger partial charge in [0.25, 0.3) is 10.0 Å². The summed E-state index contributed by atoms with van der Waals surface area (Å²) in [6.07, 6.45) is -4.54. The molecule has 12 heteroatoms. The van der Waals surface area contributed by atoms with E-state index in [0.29, 0.717) is 19.5 Å². The molecule has 1 heterocycles. The number of rotatable bonds is 5. The topological polar surface area (TPSA) is 58.6 Å². The highest BCUT2D eigenvalue weighted by Gasteiger charge is 2.36. The smallest absolute Gasteiger partial charge is 0.419 e. The fraction of sp³-hybridized carbons (Fsp3) is 0.333. The Morgan fingerprint density at radius 1 is 1.13 bits per heavy atom. The maximum Gasteiger partial charge on any atom is 0.419 e. The van der Waals surface area contributed by atoms with E-state index in [2.05, 4.69) is 4.72 Å². The van der Waals surface area contributed by atoms with Crippen molar-refractivity contribution in [1.29, 1.82) is 0 Å². The Bertz CT molecular complexity index is 1060. The average molecular weight is 504 g/mol. The van der Waals surface area contributed by atoms with Gasteiger partial charge in [-0.25, -0.2) is 8.42 Å². The van der Waals surface area contributed by atoms with Gasteiger partial charge in [-0.2, -0.15) is 13.2 Å². The molecule has 1 aliphatic rings. The fourth-order valence-corrected chi connectivity index (χ4v) is 5.04. The number of sulfonamides is 1. The molecule has 0 radical (unpaired) electrons. The van der Waals surface area contributed by atoms with Gasteiger partial charge in [-0.15, -0.1) is 0 Å². The van der Waals surface area contributed by atoms with Gasteiger partial charge in [0.2, 0.25) is 0 Å². The second-order valence-corrected chi connectivity index (χ2v) is 9.59. The van der Waals surface area contributed by atoms with Gasteiger partial charge in [0.1, 0.15) is 16.7 Å². The van der Waals surface area contributed by atoms with Gasteiger partial charge in [-0.05, 0) is 37.7 Å². The molecule has 5 nitrogen and oxygen atoms in total. The van der Waals surface area contributed by atoms with Gasteiger partial charge >= 0.3 is 6.18 Å². The van der Waals surface area contributed by atoms with Gasteiger partial charge < -0.3 is 9.64 Å². The number of likely N-dealkylation sites (tertiary alicyclic amines) is 1. The summed E-state index contributed by atoms with van der Waals surface area (Å²) in [5, 5.41) is -0.385. The third kappa shape index (κ3) is 5.08. The number of benzene rings is 2. The molecule has 1 fully saturated rings. The molecule has 1 saturated heterocycles. The van der Waals surface area contributed by atoms with Crippen LogP contribution in [0.1, 0.15) is 12.0 Å². The molecule has 1 aliphatic heterocycles. The van der Waals surface area contributed by atoms with Gasteiger partial charge in [0.15, 0.2) is 0 Å². The Morgan fingerprint density at radius 2 is 1.83 bits per heavy atom. The third-order valence-electron chi connectivity index (χ3n) is 4.47. The first-order valence-electron chi connectivity index (χ1n) is 8.61. The number of alkyl halides is 3. The molecular weight excluding hydrogens is 488 g/mol. The van der Waals surface area contributed by atoms with Gasteiger partial charge in [0.05, 0.1) is 26.3 Å². The van der Waals surface area contributed by atoms with Crippen molar-refractivity contribution in [3.63, 3.8) is 0 Å². The van der Waals surface area contributed by atoms with Crippen molar-refractivity contribution >= 4 is 50.5 Å². The van der Waals surface area contributed by atoms with E-state index in [1.807, 2.05) is 11.9 Å². The van der Waals surface area contributed by atoms with E-state index in [4.69, 9.17) is 39.5 Å². The molecule has 0 spiro atoms. The highest BCUT2D eigenvalue weighted by molar-refractivity contribution is 7.92. The molecule has 2 aromatic carbocycles. The highest BCUT2D eigenvalue weighted by atomic mass is 35.5. The van der Waals surface area contributed by atoms with Gasteiger partial charge in [-0.1, -0.05) is 34.8 Å². The van der Waals surface area contributed by atoms with Crippen LogP contribution in [0.4, 0.5) is 18.9 Å². The van der Waals surface area contributed by atoms with E-state index >= 15 is 0 Å². The van der Waals surface area contributed by atoms with Crippen molar-refractivity contribution in [2.45, 2.75) is 23.6 Å². The zero-order valence-electron chi connectivity index (χ0n) is 15.4. The molecule has 0 bridgehead atoms. The van der Waals surface area contributed by atoms with Crippen LogP contribution < -0.4 is 9.46 Å². The quantitative estimate of drug-likeness (QED) is 0.544. The highest BCUT2D eigenvalue weighted by Crippen LogP contribution is 2.40. The predicted molar refractivity (Wildman–Crippen MR) is 110 cm³/mol. The van der Waals surface area contributed by atoms with Gasteiger partial charge in [0, 0.05) is 19.2 Å². The SMILES string of the molecule is CN1CCC(Oc2cc(NS(=O)(=O)c3ccc(Cl)c(Cl)c3Cl)ccc2C(F)(F)F)C1. The van der Waals surface area contributed by atoms with E-state index < -0.39 is 33.6 Å². The van der Waals surface area contributed by atoms with Crippen LogP contribution in [0, 0.1) is 0 Å². The Labute approximate surface area is 186 Å². The number of anilines is 1. The van der Waals surface area contributed by atoms with Crippen LogP contribution in [0.25, 0.3) is 0 Å². The Kier molecular flexibility index (Phi) is 6.69. The van der Waals surface area contributed by atoms with E-state index in [9.17, 15) is 21.6 Å². The largest absolute Gasteiger partial charge is 0.488 e. The average Bonchev–Trinajstić information content (AvgIpc) is 3.03. The van der Waals surface area contributed by atoms with Crippen molar-refractivity contribution in [3.05, 3.63) is 51.0 Å². The fourth-order valence-electron chi connectivity index (χ4n) is 3.01. The van der Waals surface area contributed by atoms with E-state index in [1.165, 1.54) is 6.07 Å². The molecule has 0 aliphatic carbocycles. The lowest BCUT2D eigenvalue weighted by Crippen LogP contribution is -2.23. The van der Waals surface area contributed by atoms with E-state index in [0.717, 1.165) is 24.3 Å². The summed E-state index contributed by atoms with van der Waals surface area (Å²) in [4.78, 5) is 1.56. The summed E-state index contributed by atoms with van der Waals surface area (Å²) in [6, 6.07) is 5.17. The predicted octanol–water partition coefficient (Wildman–Crippen LogP) is 5.55. The van der Waals surface area contributed by atoms with Crippen LogP contribution in [-0.2, 0) is 16.2 Å². The molecule has 2 aromatic rings. The first-order chi connectivity index (χ1) is 13.9. The summed E-state index contributed by atoms with van der Waals surface area (Å²) in [7, 11) is -2.42. The number of ether oxygens (including phenoxy) is 1. The monoisotopic (exact) mass is 502 g/mol. The van der Waals surface area contributed by atoms with Crippen LogP contribution in [0.5, 0.6) is 5.75 Å². The molecule has 1 atom stereocenters. The minimum atomic E-state index is -4.66. The molecule has 30 heavy (non-hydrogen) atoms. The number of hydrogen-bond donors (Lipinski definition) is 1. The minimum absolute atomic E-state index is 0.0624. The zero-order valence-corrected chi connectivity index (χ0v) is 18.5. The van der Waals surface area contributed by atoms with Crippen LogP contribution >= 0.6 is 34.8 Å². The lowest BCUT2D eigenvalue weighted by atomic mass is 10.1. The molecular formula is C18H16Cl3F3N2O3S. The Balaban J connectivity index is 1.94. The standard InChI is InChI=1S/C18H16Cl3F3N2O3S/c1-26-7-6-11(9-26)29-14-8-10(2-3-12(14)18(22,23)24)25-30(27,28)15-5-4-13(19)16(20)17(15)21/h2-5,8,11,25H,6-7,9H2,1H3. The normalized spacial score (nSPS) is 17.9. The molecule has 0 saturated carbocycles. The van der Waals surface area contributed by atoms with Crippen LogP contribution in [0.3, 0.4) is 0 Å². The summed E-state index contributed by atoms with van der Waals surface area (Å²) < 4.78 is 73.3. The maximum atomic E-state index is 13.4. The first kappa shape index (κ1) is 23.3. The Hall–Kier alpha value is -1.39. The zero-order chi connectivity index (χ0) is 22.3. The number of nitrogens with zero attached hydrogens (tertiary/aromatic N) is 1. The second-order valence-electron chi connectivity index (χ2n) is 6.78. The van der Waals surface area contributed by atoms with Crippen molar-refractivity contribution in [2.24, 2.45) is 0 Å². The summed E-state index contributed by atoms with van der Waals surface area (Å²) in [6.45, 7) is 1.15. The van der Waals surface area contributed by atoms with Crippen molar-refractivity contribution in [3.8, 4) is 5.75 Å². The lowest BCUT2D eigenvalue weighted by Gasteiger charge is -2.19. The molecule has 3 rings (SSSR count). The lowest BCUT2D eigenvalue weighted by molar-refractivity contribution is -0.139. The summed E-state index contributed by atoms with van der Waals surface area (Å²) in [5.74, 6) is -0.455. The maximum absolute atomic E-state index is 13.4. The summed E-state index contributed by atoms with van der Waals surface area (Å²) >= 11 is 17.7. The molecule has 164 valence electrons. The molecule has 1 unspecified atom stereocenters. The summed E-state index contributed by atoms with van der Waals surface area (Å²) in [5.41, 5.74) is -1.11. The van der Waals surface area contributed by atoms with Gasteiger partial charge in [-0.3, -0.25) is 4.72 Å². The molecule has 0 amide bonds. The van der Waals surface area contributed by atoms with E-state index in [-0.39, 0.29) is 25.7 Å². The number of halogens is 6. The number of hydrogen-bond acceptors (Lipinski definition) is 4. The van der Waals surface area contributed by atoms with Crippen molar-refractivity contribution in [1.82, 2.24) is 4.90 Å². The minimum Gasteiger partial charge on any atom is -0.488 e. The Morgan fingerprint density at radius 3 is 2.43 bits per heavy atom. The first-order valence-corrected chi connectivity index (χ1v) is 11.2. The number of nitrogens with one attached hydrogen (secondary N) is 1. The van der Waals surface area contributed by atoms with Crippen molar-refractivity contribution < 1.29 is 26.3 Å². The van der Waals surface area contributed by atoms with Crippen LogP contribution in [0.15, 0.2) is 35.2 Å². The third-order valence-corrected chi connectivity index (χ3v) is 7.30.